The third-order valence-electron chi connectivity index (χ3n) is 2.97. The second kappa shape index (κ2) is 5.09. The highest BCUT2D eigenvalue weighted by molar-refractivity contribution is 5.96. The van der Waals surface area contributed by atoms with Gasteiger partial charge in [0.05, 0.1) is 24.1 Å². The molecular weight excluding hydrogens is 238 g/mol. The van der Waals surface area contributed by atoms with Crippen LogP contribution in [0.3, 0.4) is 0 Å². The van der Waals surface area contributed by atoms with Crippen molar-refractivity contribution in [2.75, 3.05) is 13.7 Å². The minimum atomic E-state index is -1.02. The SMILES string of the molecule is COC1CC(C(=O)O)N(C(=O)c2ccnnc2)C1. The molecule has 7 nitrogen and oxygen atoms in total. The summed E-state index contributed by atoms with van der Waals surface area (Å²) in [4.78, 5) is 24.6. The monoisotopic (exact) mass is 251 g/mol. The number of ether oxygens (including phenoxy) is 1. The molecule has 2 rings (SSSR count). The van der Waals surface area contributed by atoms with Gasteiger partial charge in [-0.05, 0) is 6.07 Å². The minimum absolute atomic E-state index is 0.246. The number of likely N-dealkylation sites (tertiary alicyclic amines) is 1. The Morgan fingerprint density at radius 3 is 2.83 bits per heavy atom. The summed E-state index contributed by atoms with van der Waals surface area (Å²) in [6.07, 6.45) is 2.77. The zero-order valence-electron chi connectivity index (χ0n) is 9.81. The fraction of sp³-hybridized carbons (Fsp3) is 0.455. The fourth-order valence-corrected chi connectivity index (χ4v) is 2.01. The van der Waals surface area contributed by atoms with E-state index in [4.69, 9.17) is 9.84 Å². The summed E-state index contributed by atoms with van der Waals surface area (Å²) in [6, 6.07) is 0.657. The zero-order chi connectivity index (χ0) is 13.1. The lowest BCUT2D eigenvalue weighted by molar-refractivity contribution is -0.141. The molecule has 1 N–H and O–H groups in total. The van der Waals surface area contributed by atoms with Gasteiger partial charge in [0.15, 0.2) is 0 Å². The third-order valence-corrected chi connectivity index (χ3v) is 2.97. The van der Waals surface area contributed by atoms with E-state index < -0.39 is 12.0 Å². The number of methoxy groups -OCH3 is 1. The van der Waals surface area contributed by atoms with Crippen molar-refractivity contribution in [2.45, 2.75) is 18.6 Å². The molecule has 96 valence electrons. The van der Waals surface area contributed by atoms with E-state index in [1.165, 1.54) is 30.5 Å². The van der Waals surface area contributed by atoms with Crippen LogP contribution in [0.4, 0.5) is 0 Å². The Morgan fingerprint density at radius 1 is 1.50 bits per heavy atom. The Kier molecular flexibility index (Phi) is 3.52. The third kappa shape index (κ3) is 2.30. The van der Waals surface area contributed by atoms with Gasteiger partial charge in [-0.2, -0.15) is 10.2 Å². The molecule has 0 bridgehead atoms. The average Bonchev–Trinajstić information content (AvgIpc) is 2.83. The van der Waals surface area contributed by atoms with Gasteiger partial charge in [-0.3, -0.25) is 4.79 Å². The van der Waals surface area contributed by atoms with Gasteiger partial charge in [-0.25, -0.2) is 4.79 Å². The van der Waals surface area contributed by atoms with Crippen LogP contribution in [0.1, 0.15) is 16.8 Å². The first-order valence-corrected chi connectivity index (χ1v) is 5.46. The highest BCUT2D eigenvalue weighted by atomic mass is 16.5. The Balaban J connectivity index is 2.21. The van der Waals surface area contributed by atoms with Gasteiger partial charge in [0.2, 0.25) is 0 Å². The van der Waals surface area contributed by atoms with Gasteiger partial charge in [-0.1, -0.05) is 0 Å². The molecule has 18 heavy (non-hydrogen) atoms. The number of hydrogen-bond acceptors (Lipinski definition) is 5. The number of amides is 1. The summed E-state index contributed by atoms with van der Waals surface area (Å²) in [5.74, 6) is -1.39. The molecule has 1 aromatic heterocycles. The molecule has 7 heteroatoms. The first-order valence-electron chi connectivity index (χ1n) is 5.46. The van der Waals surface area contributed by atoms with Crippen LogP contribution in [-0.2, 0) is 9.53 Å². The predicted molar refractivity (Wildman–Crippen MR) is 59.9 cm³/mol. The molecule has 1 saturated heterocycles. The van der Waals surface area contributed by atoms with Gasteiger partial charge < -0.3 is 14.7 Å². The minimum Gasteiger partial charge on any atom is -0.480 e. The molecule has 2 unspecified atom stereocenters. The van der Waals surface area contributed by atoms with Crippen molar-refractivity contribution < 1.29 is 19.4 Å². The Labute approximate surface area is 103 Å². The lowest BCUT2D eigenvalue weighted by Gasteiger charge is -2.20. The van der Waals surface area contributed by atoms with E-state index in [1.54, 1.807) is 0 Å². The molecule has 0 saturated carbocycles. The second-order valence-corrected chi connectivity index (χ2v) is 4.04. The van der Waals surface area contributed by atoms with E-state index in [1.807, 2.05) is 0 Å². The number of carboxylic acid groups (broad SMARTS) is 1. The number of carboxylic acids is 1. The smallest absolute Gasteiger partial charge is 0.326 e. The summed E-state index contributed by atoms with van der Waals surface area (Å²) in [7, 11) is 1.51. The van der Waals surface area contributed by atoms with Gasteiger partial charge >= 0.3 is 5.97 Å². The molecule has 1 amide bonds. The second-order valence-electron chi connectivity index (χ2n) is 4.04. The Hall–Kier alpha value is -2.02. The van der Waals surface area contributed by atoms with E-state index in [-0.39, 0.29) is 18.6 Å². The Morgan fingerprint density at radius 2 is 2.28 bits per heavy atom. The number of carbonyl (C=O) groups excluding carboxylic acids is 1. The molecule has 0 aliphatic carbocycles. The van der Waals surface area contributed by atoms with E-state index in [2.05, 4.69) is 10.2 Å². The van der Waals surface area contributed by atoms with Crippen LogP contribution in [0.25, 0.3) is 0 Å². The maximum absolute atomic E-state index is 12.2. The zero-order valence-corrected chi connectivity index (χ0v) is 9.81. The Bertz CT molecular complexity index is 451. The van der Waals surface area contributed by atoms with Gasteiger partial charge in [0, 0.05) is 20.1 Å². The van der Waals surface area contributed by atoms with Crippen molar-refractivity contribution >= 4 is 11.9 Å². The topological polar surface area (TPSA) is 92.6 Å². The standard InChI is InChI=1S/C11H13N3O4/c1-18-8-4-9(11(16)17)14(6-8)10(15)7-2-3-12-13-5-7/h2-3,5,8-9H,4,6H2,1H3,(H,16,17). The predicted octanol–water partition coefficient (Wildman–Crippen LogP) is -0.209. The van der Waals surface area contributed by atoms with Gasteiger partial charge in [-0.15, -0.1) is 0 Å². The van der Waals surface area contributed by atoms with Crippen LogP contribution in [0.2, 0.25) is 0 Å². The molecule has 1 aromatic rings. The van der Waals surface area contributed by atoms with Gasteiger partial charge in [0.1, 0.15) is 6.04 Å². The number of carbonyl (C=O) groups is 2. The first-order chi connectivity index (χ1) is 8.63. The molecule has 2 atom stereocenters. The van der Waals surface area contributed by atoms with Crippen LogP contribution in [0.15, 0.2) is 18.5 Å². The summed E-state index contributed by atoms with van der Waals surface area (Å²) in [5, 5.41) is 16.3. The molecule has 0 spiro atoms. The molecule has 1 aliphatic heterocycles. The summed E-state index contributed by atoms with van der Waals surface area (Å²) in [6.45, 7) is 0.272. The van der Waals surface area contributed by atoms with Gasteiger partial charge in [0.25, 0.3) is 5.91 Å². The molecule has 0 radical (unpaired) electrons. The highest BCUT2D eigenvalue weighted by Gasteiger charge is 2.40. The molecule has 2 heterocycles. The van der Waals surface area contributed by atoms with E-state index >= 15 is 0 Å². The summed E-state index contributed by atoms with van der Waals surface area (Å²) < 4.78 is 5.12. The average molecular weight is 251 g/mol. The van der Waals surface area contributed by atoms with Crippen molar-refractivity contribution in [1.82, 2.24) is 15.1 Å². The highest BCUT2D eigenvalue weighted by Crippen LogP contribution is 2.22. The summed E-state index contributed by atoms with van der Waals surface area (Å²) in [5.41, 5.74) is 0.327. The maximum Gasteiger partial charge on any atom is 0.326 e. The van der Waals surface area contributed by atoms with E-state index in [0.29, 0.717) is 12.0 Å². The summed E-state index contributed by atoms with van der Waals surface area (Å²) >= 11 is 0. The van der Waals surface area contributed by atoms with Crippen LogP contribution in [0.5, 0.6) is 0 Å². The number of aliphatic carboxylic acids is 1. The van der Waals surface area contributed by atoms with Crippen molar-refractivity contribution in [3.63, 3.8) is 0 Å². The van der Waals surface area contributed by atoms with E-state index in [0.717, 1.165) is 0 Å². The lowest BCUT2D eigenvalue weighted by Crippen LogP contribution is -2.40. The largest absolute Gasteiger partial charge is 0.480 e. The van der Waals surface area contributed by atoms with Crippen molar-refractivity contribution in [1.29, 1.82) is 0 Å². The number of aromatic nitrogens is 2. The van der Waals surface area contributed by atoms with Crippen LogP contribution in [-0.4, -0.2) is 57.9 Å². The molecule has 1 fully saturated rings. The van der Waals surface area contributed by atoms with Crippen molar-refractivity contribution in [3.05, 3.63) is 24.0 Å². The first kappa shape index (κ1) is 12.4. The lowest BCUT2D eigenvalue weighted by atomic mass is 10.2. The maximum atomic E-state index is 12.2. The van der Waals surface area contributed by atoms with Crippen LogP contribution < -0.4 is 0 Å². The molecule has 1 aliphatic rings. The van der Waals surface area contributed by atoms with E-state index in [9.17, 15) is 9.59 Å². The van der Waals surface area contributed by atoms with Crippen LogP contribution in [0, 0.1) is 0 Å². The van der Waals surface area contributed by atoms with Crippen molar-refractivity contribution in [2.24, 2.45) is 0 Å². The molecular formula is C11H13N3O4. The van der Waals surface area contributed by atoms with Crippen molar-refractivity contribution in [3.8, 4) is 0 Å². The molecule has 0 aromatic carbocycles. The normalized spacial score (nSPS) is 23.1. The number of hydrogen-bond donors (Lipinski definition) is 1. The quantitative estimate of drug-likeness (QED) is 0.799. The van der Waals surface area contributed by atoms with Crippen LogP contribution >= 0.6 is 0 Å². The number of rotatable bonds is 3. The fourth-order valence-electron chi connectivity index (χ4n) is 2.01. The number of nitrogens with zero attached hydrogens (tertiary/aromatic N) is 3.